The number of aliphatic hydroxyl groups is 1. The van der Waals surface area contributed by atoms with E-state index >= 15 is 0 Å². The van der Waals surface area contributed by atoms with Crippen LogP contribution in [0.15, 0.2) is 23.8 Å². The number of fused-ring (bicyclic) bond motifs is 4. The second-order valence-electron chi connectivity index (χ2n) is 7.32. The lowest BCUT2D eigenvalue weighted by Gasteiger charge is -2.43. The first-order valence-electron chi connectivity index (χ1n) is 8.09. The molecule has 1 nitrogen and oxygen atoms in total. The Morgan fingerprint density at radius 2 is 2.00 bits per heavy atom. The minimum absolute atomic E-state index is 0.0824. The van der Waals surface area contributed by atoms with Gasteiger partial charge in [0.2, 0.25) is 0 Å². The van der Waals surface area contributed by atoms with E-state index in [2.05, 4.69) is 32.0 Å². The zero-order chi connectivity index (χ0) is 13.9. The van der Waals surface area contributed by atoms with Crippen molar-refractivity contribution in [3.05, 3.63) is 40.5 Å². The van der Waals surface area contributed by atoms with Crippen molar-refractivity contribution in [2.24, 2.45) is 11.3 Å². The van der Waals surface area contributed by atoms with Gasteiger partial charge in [-0.15, -0.1) is 0 Å². The fraction of sp³-hybridized carbons (Fsp3) is 0.579. The van der Waals surface area contributed by atoms with Gasteiger partial charge in [-0.25, -0.2) is 0 Å². The van der Waals surface area contributed by atoms with E-state index in [1.807, 2.05) is 0 Å². The molecule has 1 aromatic rings. The number of aryl methyl sites for hydroxylation is 2. The van der Waals surface area contributed by atoms with Crippen molar-refractivity contribution in [1.82, 2.24) is 0 Å². The van der Waals surface area contributed by atoms with Crippen LogP contribution in [0.1, 0.15) is 55.7 Å². The molecule has 3 atom stereocenters. The maximum atomic E-state index is 10.4. The maximum absolute atomic E-state index is 10.4. The Balaban J connectivity index is 1.83. The number of aliphatic hydroxyl groups excluding tert-OH is 1. The van der Waals surface area contributed by atoms with Crippen molar-refractivity contribution in [2.45, 2.75) is 58.5 Å². The first kappa shape index (κ1) is 12.6. The van der Waals surface area contributed by atoms with Gasteiger partial charge in [0.1, 0.15) is 0 Å². The van der Waals surface area contributed by atoms with Gasteiger partial charge in [-0.3, -0.25) is 0 Å². The Bertz CT molecular complexity index is 598. The highest BCUT2D eigenvalue weighted by molar-refractivity contribution is 5.75. The Hall–Kier alpha value is -1.08. The third kappa shape index (κ3) is 1.59. The van der Waals surface area contributed by atoms with Crippen LogP contribution < -0.4 is 0 Å². The normalized spacial score (nSPS) is 35.5. The molecular formula is C19H24O. The zero-order valence-corrected chi connectivity index (χ0v) is 12.6. The molecule has 3 aliphatic rings. The number of hydrogen-bond acceptors (Lipinski definition) is 1. The second-order valence-corrected chi connectivity index (χ2v) is 7.32. The summed E-state index contributed by atoms with van der Waals surface area (Å²) in [6.45, 7) is 4.51. The number of allylic oxidation sites excluding steroid dienone is 2. The van der Waals surface area contributed by atoms with E-state index < -0.39 is 0 Å². The number of rotatable bonds is 0. The van der Waals surface area contributed by atoms with Crippen LogP contribution in [0.5, 0.6) is 0 Å². The van der Waals surface area contributed by atoms with Gasteiger partial charge in [0, 0.05) is 5.41 Å². The van der Waals surface area contributed by atoms with Crippen LogP contribution in [0.4, 0.5) is 0 Å². The molecular weight excluding hydrogens is 244 g/mol. The Kier molecular flexibility index (Phi) is 2.66. The lowest BCUT2D eigenvalue weighted by atomic mass is 9.62. The van der Waals surface area contributed by atoms with Gasteiger partial charge in [-0.05, 0) is 68.1 Å². The van der Waals surface area contributed by atoms with E-state index in [-0.39, 0.29) is 11.5 Å². The van der Waals surface area contributed by atoms with Gasteiger partial charge < -0.3 is 5.11 Å². The largest absolute Gasteiger partial charge is 0.393 e. The quantitative estimate of drug-likeness (QED) is 0.745. The molecule has 1 aromatic carbocycles. The Labute approximate surface area is 121 Å². The molecule has 20 heavy (non-hydrogen) atoms. The predicted molar refractivity (Wildman–Crippen MR) is 82.5 cm³/mol. The highest BCUT2D eigenvalue weighted by Gasteiger charge is 2.50. The predicted octanol–water partition coefficient (Wildman–Crippen LogP) is 4.27. The van der Waals surface area contributed by atoms with E-state index in [0.29, 0.717) is 5.92 Å². The average molecular weight is 268 g/mol. The van der Waals surface area contributed by atoms with Crippen LogP contribution in [0.3, 0.4) is 0 Å². The molecule has 1 fully saturated rings. The topological polar surface area (TPSA) is 20.2 Å². The van der Waals surface area contributed by atoms with Crippen LogP contribution in [0.25, 0.3) is 5.57 Å². The van der Waals surface area contributed by atoms with Gasteiger partial charge in [0.05, 0.1) is 6.10 Å². The van der Waals surface area contributed by atoms with Crippen LogP contribution in [0.2, 0.25) is 0 Å². The smallest absolute Gasteiger partial charge is 0.0599 e. The second kappa shape index (κ2) is 4.21. The van der Waals surface area contributed by atoms with E-state index in [1.165, 1.54) is 30.4 Å². The third-order valence-corrected chi connectivity index (χ3v) is 6.26. The van der Waals surface area contributed by atoms with Crippen LogP contribution in [-0.4, -0.2) is 11.2 Å². The van der Waals surface area contributed by atoms with Crippen LogP contribution in [0, 0.1) is 18.3 Å². The molecule has 1 heteroatoms. The fourth-order valence-electron chi connectivity index (χ4n) is 5.02. The van der Waals surface area contributed by atoms with Gasteiger partial charge >= 0.3 is 0 Å². The molecule has 0 amide bonds. The summed E-state index contributed by atoms with van der Waals surface area (Å²) >= 11 is 0. The molecule has 0 radical (unpaired) electrons. The van der Waals surface area contributed by atoms with E-state index in [0.717, 1.165) is 19.3 Å². The van der Waals surface area contributed by atoms with Gasteiger partial charge in [0.15, 0.2) is 0 Å². The maximum Gasteiger partial charge on any atom is 0.0599 e. The average Bonchev–Trinajstić information content (AvgIpc) is 2.74. The molecule has 0 saturated heterocycles. The molecule has 0 aromatic heterocycles. The lowest BCUT2D eigenvalue weighted by molar-refractivity contribution is 0.0379. The molecule has 0 heterocycles. The summed E-state index contributed by atoms with van der Waals surface area (Å²) in [7, 11) is 0. The minimum Gasteiger partial charge on any atom is -0.393 e. The summed E-state index contributed by atoms with van der Waals surface area (Å²) in [5.41, 5.74) is 7.91. The number of hydrogen-bond donors (Lipinski definition) is 1. The van der Waals surface area contributed by atoms with Crippen molar-refractivity contribution < 1.29 is 5.11 Å². The monoisotopic (exact) mass is 268 g/mol. The molecule has 0 bridgehead atoms. The van der Waals surface area contributed by atoms with Gasteiger partial charge in [-0.2, -0.15) is 0 Å². The summed E-state index contributed by atoms with van der Waals surface area (Å²) in [4.78, 5) is 0. The minimum atomic E-state index is -0.0824. The highest BCUT2D eigenvalue weighted by Crippen LogP contribution is 2.57. The highest BCUT2D eigenvalue weighted by atomic mass is 16.3. The van der Waals surface area contributed by atoms with Crippen LogP contribution >= 0.6 is 0 Å². The Morgan fingerprint density at radius 3 is 2.85 bits per heavy atom. The summed E-state index contributed by atoms with van der Waals surface area (Å²) in [6, 6.07) is 6.97. The first-order valence-corrected chi connectivity index (χ1v) is 8.09. The Morgan fingerprint density at radius 1 is 1.15 bits per heavy atom. The van der Waals surface area contributed by atoms with Gasteiger partial charge in [-0.1, -0.05) is 36.3 Å². The first-order chi connectivity index (χ1) is 9.59. The molecule has 1 saturated carbocycles. The molecule has 0 spiro atoms. The molecule has 4 rings (SSSR count). The SMILES string of the molecule is Cc1ccc2c(c1)CCC1=C2CC[C@@]2(C)C1CC[C@@H]2O. The summed E-state index contributed by atoms with van der Waals surface area (Å²) < 4.78 is 0. The van der Waals surface area contributed by atoms with Crippen molar-refractivity contribution in [3.8, 4) is 0 Å². The number of benzene rings is 1. The van der Waals surface area contributed by atoms with Crippen molar-refractivity contribution in [2.75, 3.05) is 0 Å². The van der Waals surface area contributed by atoms with Crippen molar-refractivity contribution in [3.63, 3.8) is 0 Å². The molecule has 106 valence electrons. The summed E-state index contributed by atoms with van der Waals surface area (Å²) in [5, 5.41) is 10.4. The van der Waals surface area contributed by atoms with Gasteiger partial charge in [0.25, 0.3) is 0 Å². The van der Waals surface area contributed by atoms with E-state index in [9.17, 15) is 5.11 Å². The van der Waals surface area contributed by atoms with E-state index in [4.69, 9.17) is 0 Å². The van der Waals surface area contributed by atoms with E-state index in [1.54, 1.807) is 16.7 Å². The summed E-state index contributed by atoms with van der Waals surface area (Å²) in [6.07, 6.45) is 6.84. The third-order valence-electron chi connectivity index (χ3n) is 6.26. The van der Waals surface area contributed by atoms with Crippen molar-refractivity contribution in [1.29, 1.82) is 0 Å². The fourth-order valence-corrected chi connectivity index (χ4v) is 5.02. The summed E-state index contributed by atoms with van der Waals surface area (Å²) in [5.74, 6) is 0.635. The molecule has 0 aliphatic heterocycles. The molecule has 1 unspecified atom stereocenters. The standard InChI is InChI=1S/C19H24O/c1-12-3-5-14-13(11-12)4-6-16-15(14)9-10-19(2)17(16)7-8-18(19)20/h3,5,11,17-18,20H,4,6-10H2,1-2H3/t17?,18-,19-/m0/s1. The molecule has 1 N–H and O–H groups in total. The zero-order valence-electron chi connectivity index (χ0n) is 12.6. The van der Waals surface area contributed by atoms with Crippen LogP contribution in [-0.2, 0) is 6.42 Å². The van der Waals surface area contributed by atoms with Crippen molar-refractivity contribution >= 4 is 5.57 Å². The molecule has 3 aliphatic carbocycles. The lowest BCUT2D eigenvalue weighted by Crippen LogP contribution is -2.37.